The number of carbonyl (C=O) groups excluding carboxylic acids is 1. The van der Waals surface area contributed by atoms with E-state index in [2.05, 4.69) is 22.0 Å². The molecule has 1 spiro atoms. The first-order valence-corrected chi connectivity index (χ1v) is 9.82. The predicted octanol–water partition coefficient (Wildman–Crippen LogP) is 3.07. The first-order valence-electron chi connectivity index (χ1n) is 9.82. The zero-order chi connectivity index (χ0) is 17.8. The van der Waals surface area contributed by atoms with Gasteiger partial charge >= 0.3 is 0 Å². The van der Waals surface area contributed by atoms with Gasteiger partial charge in [-0.25, -0.2) is 4.98 Å². The number of ether oxygens (including phenoxy) is 2. The Hall–Kier alpha value is -1.88. The van der Waals surface area contributed by atoms with Crippen LogP contribution in [0.15, 0.2) is 36.5 Å². The summed E-state index contributed by atoms with van der Waals surface area (Å²) in [7, 11) is 0. The van der Waals surface area contributed by atoms with Crippen LogP contribution in [-0.2, 0) is 9.53 Å². The fraction of sp³-hybridized carbons (Fsp3) is 0.619. The average molecular weight is 356 g/mol. The molecule has 3 aliphatic rings. The molecule has 5 heteroatoms. The number of aromatic nitrogens is 1. The average Bonchev–Trinajstić information content (AvgIpc) is 3.23. The maximum atomic E-state index is 12.7. The van der Waals surface area contributed by atoms with E-state index in [1.807, 2.05) is 18.2 Å². The van der Waals surface area contributed by atoms with Gasteiger partial charge in [-0.05, 0) is 43.6 Å². The van der Waals surface area contributed by atoms with E-state index >= 15 is 0 Å². The molecule has 1 aromatic heterocycles. The molecule has 2 fully saturated rings. The van der Waals surface area contributed by atoms with Crippen LogP contribution in [0.4, 0.5) is 0 Å². The minimum absolute atomic E-state index is 0.182. The first kappa shape index (κ1) is 17.5. The molecule has 0 N–H and O–H groups in total. The zero-order valence-corrected chi connectivity index (χ0v) is 15.3. The van der Waals surface area contributed by atoms with Crippen molar-refractivity contribution in [3.8, 4) is 5.88 Å². The van der Waals surface area contributed by atoms with E-state index in [0.717, 1.165) is 58.4 Å². The molecule has 1 unspecified atom stereocenters. The summed E-state index contributed by atoms with van der Waals surface area (Å²) < 4.78 is 11.7. The van der Waals surface area contributed by atoms with Crippen molar-refractivity contribution in [2.75, 3.05) is 32.9 Å². The molecule has 140 valence electrons. The molecule has 4 rings (SSSR count). The largest absolute Gasteiger partial charge is 0.477 e. The van der Waals surface area contributed by atoms with Gasteiger partial charge in [-0.2, -0.15) is 0 Å². The number of hydrogen-bond acceptors (Lipinski definition) is 4. The van der Waals surface area contributed by atoms with E-state index in [0.29, 0.717) is 24.3 Å². The van der Waals surface area contributed by atoms with Gasteiger partial charge in [0.1, 0.15) is 0 Å². The van der Waals surface area contributed by atoms with Crippen molar-refractivity contribution in [1.82, 2.24) is 9.88 Å². The van der Waals surface area contributed by atoms with E-state index in [9.17, 15) is 4.79 Å². The Balaban J connectivity index is 1.36. The third-order valence-electron chi connectivity index (χ3n) is 6.43. The first-order chi connectivity index (χ1) is 12.8. The van der Waals surface area contributed by atoms with Gasteiger partial charge in [-0.15, -0.1) is 0 Å². The van der Waals surface area contributed by atoms with Crippen LogP contribution in [0.5, 0.6) is 5.88 Å². The standard InChI is InChI=1S/C21H28N2O3/c24-20(17-5-1-2-6-17)23-12-8-21(9-13-23)10-14-25-15-18(21)16-26-19-7-3-4-11-22-19/h1-4,7,11,17-18H,5-6,8-10,12-16H2. The molecule has 0 saturated carbocycles. The molecule has 26 heavy (non-hydrogen) atoms. The highest BCUT2D eigenvalue weighted by Gasteiger charge is 2.45. The summed E-state index contributed by atoms with van der Waals surface area (Å²) in [5.74, 6) is 1.57. The lowest BCUT2D eigenvalue weighted by atomic mass is 9.66. The summed E-state index contributed by atoms with van der Waals surface area (Å²) in [5, 5.41) is 0. The molecule has 0 aromatic carbocycles. The van der Waals surface area contributed by atoms with Gasteiger partial charge in [0.2, 0.25) is 11.8 Å². The van der Waals surface area contributed by atoms with Gasteiger partial charge in [0.05, 0.1) is 13.2 Å². The van der Waals surface area contributed by atoms with Crippen LogP contribution in [-0.4, -0.2) is 48.7 Å². The molecule has 1 aromatic rings. The van der Waals surface area contributed by atoms with Crippen molar-refractivity contribution >= 4 is 5.91 Å². The van der Waals surface area contributed by atoms with E-state index < -0.39 is 0 Å². The number of piperidine rings is 1. The summed E-state index contributed by atoms with van der Waals surface area (Å²) >= 11 is 0. The summed E-state index contributed by atoms with van der Waals surface area (Å²) in [6.07, 6.45) is 11.0. The zero-order valence-electron chi connectivity index (χ0n) is 15.3. The van der Waals surface area contributed by atoms with Gasteiger partial charge in [-0.3, -0.25) is 4.79 Å². The number of amides is 1. The van der Waals surface area contributed by atoms with E-state index in [-0.39, 0.29) is 11.3 Å². The number of rotatable bonds is 4. The molecule has 5 nitrogen and oxygen atoms in total. The topological polar surface area (TPSA) is 51.7 Å². The maximum Gasteiger partial charge on any atom is 0.226 e. The quantitative estimate of drug-likeness (QED) is 0.778. The van der Waals surface area contributed by atoms with Crippen molar-refractivity contribution in [2.24, 2.45) is 17.3 Å². The number of allylic oxidation sites excluding steroid dienone is 2. The SMILES string of the molecule is O=C(C1CC=CC1)N1CCC2(CCOCC2COc2ccccn2)CC1. The van der Waals surface area contributed by atoms with Crippen molar-refractivity contribution in [2.45, 2.75) is 32.1 Å². The van der Waals surface area contributed by atoms with Gasteiger partial charge in [-0.1, -0.05) is 18.2 Å². The molecule has 2 saturated heterocycles. The maximum absolute atomic E-state index is 12.7. The van der Waals surface area contributed by atoms with Gasteiger partial charge in [0.25, 0.3) is 0 Å². The lowest BCUT2D eigenvalue weighted by Gasteiger charge is -2.49. The Kier molecular flexibility index (Phi) is 5.25. The fourth-order valence-electron chi connectivity index (χ4n) is 4.63. The number of hydrogen-bond donors (Lipinski definition) is 0. The Morgan fingerprint density at radius 1 is 1.23 bits per heavy atom. The molecule has 2 aliphatic heterocycles. The van der Waals surface area contributed by atoms with Crippen LogP contribution in [0.3, 0.4) is 0 Å². The molecule has 0 radical (unpaired) electrons. The Morgan fingerprint density at radius 2 is 2.04 bits per heavy atom. The molecule has 1 atom stereocenters. The second kappa shape index (κ2) is 7.78. The van der Waals surface area contributed by atoms with Crippen molar-refractivity contribution in [1.29, 1.82) is 0 Å². The van der Waals surface area contributed by atoms with Crippen molar-refractivity contribution in [3.63, 3.8) is 0 Å². The summed E-state index contributed by atoms with van der Waals surface area (Å²) in [5.41, 5.74) is 0.234. The van der Waals surface area contributed by atoms with Crippen LogP contribution in [0.25, 0.3) is 0 Å². The van der Waals surface area contributed by atoms with Gasteiger partial charge < -0.3 is 14.4 Å². The van der Waals surface area contributed by atoms with E-state index in [4.69, 9.17) is 9.47 Å². The minimum Gasteiger partial charge on any atom is -0.477 e. The second-order valence-corrected chi connectivity index (χ2v) is 7.83. The van der Waals surface area contributed by atoms with Gasteiger partial charge in [0.15, 0.2) is 0 Å². The van der Waals surface area contributed by atoms with Crippen LogP contribution in [0.1, 0.15) is 32.1 Å². The van der Waals surface area contributed by atoms with Crippen molar-refractivity contribution in [3.05, 3.63) is 36.5 Å². The third-order valence-corrected chi connectivity index (χ3v) is 6.43. The molecule has 3 heterocycles. The monoisotopic (exact) mass is 356 g/mol. The second-order valence-electron chi connectivity index (χ2n) is 7.83. The Bertz CT molecular complexity index is 630. The van der Waals surface area contributed by atoms with Crippen LogP contribution in [0.2, 0.25) is 0 Å². The molecular weight excluding hydrogens is 328 g/mol. The number of nitrogens with zero attached hydrogens (tertiary/aromatic N) is 2. The van der Waals surface area contributed by atoms with E-state index in [1.165, 1.54) is 0 Å². The number of likely N-dealkylation sites (tertiary alicyclic amines) is 1. The van der Waals surface area contributed by atoms with Gasteiger partial charge in [0, 0.05) is 43.8 Å². The highest BCUT2D eigenvalue weighted by atomic mass is 16.5. The molecular formula is C21H28N2O3. The predicted molar refractivity (Wildman–Crippen MR) is 98.8 cm³/mol. The smallest absolute Gasteiger partial charge is 0.226 e. The fourth-order valence-corrected chi connectivity index (χ4v) is 4.63. The molecule has 1 amide bonds. The third kappa shape index (κ3) is 3.63. The lowest BCUT2D eigenvalue weighted by molar-refractivity contribution is -0.141. The Labute approximate surface area is 155 Å². The highest BCUT2D eigenvalue weighted by molar-refractivity contribution is 5.79. The number of pyridine rings is 1. The van der Waals surface area contributed by atoms with Crippen LogP contribution in [0, 0.1) is 17.3 Å². The van der Waals surface area contributed by atoms with Crippen LogP contribution >= 0.6 is 0 Å². The molecule has 1 aliphatic carbocycles. The summed E-state index contributed by atoms with van der Waals surface area (Å²) in [4.78, 5) is 19.0. The number of carbonyl (C=O) groups is 1. The van der Waals surface area contributed by atoms with Crippen molar-refractivity contribution < 1.29 is 14.3 Å². The van der Waals surface area contributed by atoms with E-state index in [1.54, 1.807) is 6.20 Å². The summed E-state index contributed by atoms with van der Waals surface area (Å²) in [6.45, 7) is 3.94. The van der Waals surface area contributed by atoms with Crippen LogP contribution < -0.4 is 4.74 Å². The lowest BCUT2D eigenvalue weighted by Crippen LogP contribution is -2.51. The highest BCUT2D eigenvalue weighted by Crippen LogP contribution is 2.45. The normalized spacial score (nSPS) is 25.5. The summed E-state index contributed by atoms with van der Waals surface area (Å²) in [6, 6.07) is 5.73. The minimum atomic E-state index is 0.182. The molecule has 0 bridgehead atoms. The Morgan fingerprint density at radius 3 is 2.77 bits per heavy atom.